The van der Waals surface area contributed by atoms with E-state index in [1.165, 1.54) is 6.07 Å². The maximum Gasteiger partial charge on any atom is 0.142 e. The van der Waals surface area contributed by atoms with E-state index in [9.17, 15) is 4.39 Å². The summed E-state index contributed by atoms with van der Waals surface area (Å²) in [5.41, 5.74) is 1.64. The number of imidazole rings is 1. The first kappa shape index (κ1) is 12.1. The molecule has 0 fully saturated rings. The second kappa shape index (κ2) is 4.85. The minimum absolute atomic E-state index is 0.129. The number of hydrogen-bond acceptors (Lipinski definition) is 2. The van der Waals surface area contributed by atoms with Gasteiger partial charge in [-0.15, -0.1) is 0 Å². The quantitative estimate of drug-likeness (QED) is 0.911. The smallest absolute Gasteiger partial charge is 0.142 e. The third-order valence-corrected chi connectivity index (χ3v) is 2.89. The number of halogens is 2. The number of nitrogens with one attached hydrogen (secondary N) is 1. The molecule has 1 N–H and O–H groups in total. The monoisotopic (exact) mass is 253 g/mol. The van der Waals surface area contributed by atoms with E-state index in [-0.39, 0.29) is 11.1 Å². The van der Waals surface area contributed by atoms with E-state index in [0.717, 1.165) is 11.3 Å². The Hall–Kier alpha value is -1.39. The van der Waals surface area contributed by atoms with Crippen LogP contribution in [0, 0.1) is 5.82 Å². The number of nitrogens with zero attached hydrogens (tertiary/aromatic N) is 2. The summed E-state index contributed by atoms with van der Waals surface area (Å²) in [7, 11) is 3.71. The summed E-state index contributed by atoms with van der Waals surface area (Å²) in [5, 5.41) is 3.24. The molecule has 0 saturated carbocycles. The number of benzene rings is 1. The highest BCUT2D eigenvalue weighted by molar-refractivity contribution is 6.30. The third-order valence-electron chi connectivity index (χ3n) is 2.59. The molecule has 0 amide bonds. The molecule has 0 aliphatic carbocycles. The minimum Gasteiger partial charge on any atom is -0.340 e. The van der Waals surface area contributed by atoms with E-state index in [4.69, 9.17) is 11.6 Å². The van der Waals surface area contributed by atoms with Crippen molar-refractivity contribution < 1.29 is 4.39 Å². The Morgan fingerprint density at radius 2 is 2.24 bits per heavy atom. The highest BCUT2D eigenvalue weighted by atomic mass is 35.5. The molecule has 0 aliphatic rings. The Balaban J connectivity index is 2.38. The SMILES string of the molecule is CNC(c1ccc(Cl)c(F)c1)c1cn(C)cn1. The normalized spacial score (nSPS) is 12.7. The van der Waals surface area contributed by atoms with Crippen molar-refractivity contribution in [2.75, 3.05) is 7.05 Å². The lowest BCUT2D eigenvalue weighted by Crippen LogP contribution is -2.18. The summed E-state index contributed by atoms with van der Waals surface area (Å²) in [4.78, 5) is 4.26. The predicted octanol–water partition coefficient (Wildman–Crippen LogP) is 2.52. The first-order valence-electron chi connectivity index (χ1n) is 5.22. The van der Waals surface area contributed by atoms with Crippen molar-refractivity contribution in [1.29, 1.82) is 0 Å². The summed E-state index contributed by atoms with van der Waals surface area (Å²) < 4.78 is 15.3. The van der Waals surface area contributed by atoms with Crippen molar-refractivity contribution in [2.24, 2.45) is 7.05 Å². The average Bonchev–Trinajstić information content (AvgIpc) is 2.71. The van der Waals surface area contributed by atoms with Gasteiger partial charge in [-0.1, -0.05) is 17.7 Å². The highest BCUT2D eigenvalue weighted by Crippen LogP contribution is 2.24. The molecule has 17 heavy (non-hydrogen) atoms. The van der Waals surface area contributed by atoms with Crippen LogP contribution >= 0.6 is 11.6 Å². The van der Waals surface area contributed by atoms with Crippen LogP contribution in [-0.2, 0) is 7.05 Å². The van der Waals surface area contributed by atoms with Crippen molar-refractivity contribution >= 4 is 11.6 Å². The summed E-state index contributed by atoms with van der Waals surface area (Å²) in [6.45, 7) is 0. The molecule has 1 atom stereocenters. The number of rotatable bonds is 3. The molecule has 0 radical (unpaired) electrons. The number of aromatic nitrogens is 2. The van der Waals surface area contributed by atoms with Gasteiger partial charge in [-0.25, -0.2) is 9.37 Å². The lowest BCUT2D eigenvalue weighted by Gasteiger charge is -2.14. The highest BCUT2D eigenvalue weighted by Gasteiger charge is 2.15. The Morgan fingerprint density at radius 3 is 2.76 bits per heavy atom. The van der Waals surface area contributed by atoms with Crippen molar-refractivity contribution in [1.82, 2.24) is 14.9 Å². The molecule has 0 saturated heterocycles. The van der Waals surface area contributed by atoms with Gasteiger partial charge in [0.25, 0.3) is 0 Å². The number of hydrogen-bond donors (Lipinski definition) is 1. The molecule has 3 nitrogen and oxygen atoms in total. The van der Waals surface area contributed by atoms with Crippen molar-refractivity contribution in [3.05, 3.63) is 52.8 Å². The average molecular weight is 254 g/mol. The summed E-state index contributed by atoms with van der Waals surface area (Å²) in [6.07, 6.45) is 3.61. The van der Waals surface area contributed by atoms with Crippen LogP contribution in [-0.4, -0.2) is 16.6 Å². The molecule has 90 valence electrons. The van der Waals surface area contributed by atoms with Gasteiger partial charge >= 0.3 is 0 Å². The lowest BCUT2D eigenvalue weighted by molar-refractivity contribution is 0.614. The van der Waals surface area contributed by atoms with Gasteiger partial charge in [0.05, 0.1) is 23.1 Å². The van der Waals surface area contributed by atoms with Crippen LogP contribution in [0.1, 0.15) is 17.3 Å². The molecule has 1 aromatic heterocycles. The molecule has 1 aromatic carbocycles. The zero-order valence-corrected chi connectivity index (χ0v) is 10.4. The van der Waals surface area contributed by atoms with Crippen LogP contribution in [0.4, 0.5) is 4.39 Å². The van der Waals surface area contributed by atoms with Crippen LogP contribution in [0.15, 0.2) is 30.7 Å². The van der Waals surface area contributed by atoms with E-state index in [2.05, 4.69) is 10.3 Å². The Bertz CT molecular complexity index is 524. The second-order valence-corrected chi connectivity index (χ2v) is 4.27. The van der Waals surface area contributed by atoms with Gasteiger partial charge in [0, 0.05) is 13.2 Å². The Kier molecular flexibility index (Phi) is 3.45. The van der Waals surface area contributed by atoms with Crippen LogP contribution in [0.3, 0.4) is 0 Å². The zero-order chi connectivity index (χ0) is 12.4. The summed E-state index contributed by atoms with van der Waals surface area (Å²) in [6, 6.07) is 4.64. The van der Waals surface area contributed by atoms with Gasteiger partial charge in [0.15, 0.2) is 0 Å². The van der Waals surface area contributed by atoms with Crippen LogP contribution in [0.2, 0.25) is 5.02 Å². The fourth-order valence-electron chi connectivity index (χ4n) is 1.76. The molecule has 0 spiro atoms. The topological polar surface area (TPSA) is 29.9 Å². The molecule has 1 heterocycles. The number of aryl methyl sites for hydroxylation is 1. The maximum atomic E-state index is 13.4. The summed E-state index contributed by atoms with van der Waals surface area (Å²) in [5.74, 6) is -0.416. The Labute approximate surface area is 104 Å². The third kappa shape index (κ3) is 2.48. The van der Waals surface area contributed by atoms with Crippen molar-refractivity contribution in [3.8, 4) is 0 Å². The van der Waals surface area contributed by atoms with Crippen molar-refractivity contribution in [3.63, 3.8) is 0 Å². The largest absolute Gasteiger partial charge is 0.340 e. The first-order valence-corrected chi connectivity index (χ1v) is 5.59. The molecule has 2 aromatic rings. The lowest BCUT2D eigenvalue weighted by atomic mass is 10.0. The van der Waals surface area contributed by atoms with E-state index in [0.29, 0.717) is 0 Å². The van der Waals surface area contributed by atoms with Gasteiger partial charge in [0.1, 0.15) is 5.82 Å². The van der Waals surface area contributed by atoms with Gasteiger partial charge < -0.3 is 9.88 Å². The standard InChI is InChI=1S/C12H13ClFN3/c1-15-12(11-6-17(2)7-16-11)8-3-4-9(13)10(14)5-8/h3-7,12,15H,1-2H3. The Morgan fingerprint density at radius 1 is 1.47 bits per heavy atom. The molecule has 2 rings (SSSR count). The van der Waals surface area contributed by atoms with Gasteiger partial charge in [0.2, 0.25) is 0 Å². The van der Waals surface area contributed by atoms with Crippen LogP contribution in [0.25, 0.3) is 0 Å². The van der Waals surface area contributed by atoms with Gasteiger partial charge in [-0.3, -0.25) is 0 Å². The first-order chi connectivity index (χ1) is 8.11. The minimum atomic E-state index is -0.416. The van der Waals surface area contributed by atoms with E-state index in [1.54, 1.807) is 18.5 Å². The fourth-order valence-corrected chi connectivity index (χ4v) is 1.88. The molecular weight excluding hydrogens is 241 g/mol. The van der Waals surface area contributed by atoms with Crippen molar-refractivity contribution in [2.45, 2.75) is 6.04 Å². The molecular formula is C12H13ClFN3. The van der Waals surface area contributed by atoms with Gasteiger partial charge in [-0.2, -0.15) is 0 Å². The van der Waals surface area contributed by atoms with Crippen LogP contribution in [0.5, 0.6) is 0 Å². The zero-order valence-electron chi connectivity index (χ0n) is 9.61. The van der Waals surface area contributed by atoms with E-state index < -0.39 is 5.82 Å². The second-order valence-electron chi connectivity index (χ2n) is 3.86. The molecule has 0 aliphatic heterocycles. The van der Waals surface area contributed by atoms with Crippen LogP contribution < -0.4 is 5.32 Å². The predicted molar refractivity (Wildman–Crippen MR) is 65.5 cm³/mol. The fraction of sp³-hybridized carbons (Fsp3) is 0.250. The maximum absolute atomic E-state index is 13.4. The summed E-state index contributed by atoms with van der Waals surface area (Å²) >= 11 is 5.66. The van der Waals surface area contributed by atoms with E-state index >= 15 is 0 Å². The molecule has 1 unspecified atom stereocenters. The molecule has 0 bridgehead atoms. The molecule has 5 heteroatoms. The van der Waals surface area contributed by atoms with Gasteiger partial charge in [-0.05, 0) is 24.7 Å². The van der Waals surface area contributed by atoms with E-state index in [1.807, 2.05) is 24.9 Å².